The molecule has 0 unspecified atom stereocenters. The maximum atomic E-state index is 14.4. The van der Waals surface area contributed by atoms with Crippen molar-refractivity contribution in [2.75, 3.05) is 12.0 Å². The third-order valence-electron chi connectivity index (χ3n) is 3.54. The lowest BCUT2D eigenvalue weighted by molar-refractivity contribution is -0.385. The molecule has 0 aliphatic carbocycles. The lowest BCUT2D eigenvalue weighted by atomic mass is 10.1. The van der Waals surface area contributed by atoms with Gasteiger partial charge < -0.3 is 4.74 Å². The Morgan fingerprint density at radius 3 is 2.21 bits per heavy atom. The van der Waals surface area contributed by atoms with Crippen LogP contribution in [0.25, 0.3) is 0 Å². The molecule has 0 aromatic heterocycles. The highest BCUT2D eigenvalue weighted by Gasteiger charge is 2.43. The highest BCUT2D eigenvalue weighted by molar-refractivity contribution is 6.36. The van der Waals surface area contributed by atoms with E-state index in [1.165, 1.54) is 24.3 Å². The van der Waals surface area contributed by atoms with Gasteiger partial charge in [-0.2, -0.15) is 0 Å². The predicted octanol–water partition coefficient (Wildman–Crippen LogP) is 3.20. The molecule has 1 heterocycles. The smallest absolute Gasteiger partial charge is 0.339 e. The molecule has 1 aliphatic heterocycles. The Balaban J connectivity index is 2.30. The van der Waals surface area contributed by atoms with Gasteiger partial charge in [0, 0.05) is 0 Å². The number of benzene rings is 2. The molecule has 0 radical (unpaired) electrons. The van der Waals surface area contributed by atoms with Crippen molar-refractivity contribution in [3.63, 3.8) is 0 Å². The zero-order valence-electron chi connectivity index (χ0n) is 12.1. The Kier molecular flexibility index (Phi) is 3.69. The molecule has 0 bridgehead atoms. The zero-order valence-corrected chi connectivity index (χ0v) is 12.8. The van der Waals surface area contributed by atoms with Crippen molar-refractivity contribution in [3.8, 4) is 5.75 Å². The minimum absolute atomic E-state index is 0.0325. The number of hydrogen-bond donors (Lipinski definition) is 0. The van der Waals surface area contributed by atoms with Gasteiger partial charge in [0.05, 0.1) is 28.2 Å². The normalized spacial score (nSPS) is 13.2. The molecule has 0 saturated heterocycles. The minimum Gasteiger partial charge on any atom is -0.489 e. The van der Waals surface area contributed by atoms with Gasteiger partial charge in [-0.25, -0.2) is 9.29 Å². The van der Waals surface area contributed by atoms with Crippen molar-refractivity contribution in [2.45, 2.75) is 0 Å². The summed E-state index contributed by atoms with van der Waals surface area (Å²) in [7, 11) is 1.11. The number of nitro benzene ring substituents is 1. The average molecular weight is 351 g/mol. The first-order valence-electron chi connectivity index (χ1n) is 6.56. The van der Waals surface area contributed by atoms with Gasteiger partial charge in [0.15, 0.2) is 11.5 Å². The van der Waals surface area contributed by atoms with Crippen molar-refractivity contribution in [1.82, 2.24) is 0 Å². The molecule has 0 saturated carbocycles. The van der Waals surface area contributed by atoms with Gasteiger partial charge in [-0.05, 0) is 18.2 Å². The fourth-order valence-corrected chi connectivity index (χ4v) is 2.81. The molecule has 9 heteroatoms. The van der Waals surface area contributed by atoms with Gasteiger partial charge in [0.25, 0.3) is 11.8 Å². The van der Waals surface area contributed by atoms with Crippen molar-refractivity contribution in [3.05, 3.63) is 62.4 Å². The molecular weight excluding hydrogens is 343 g/mol. The first kappa shape index (κ1) is 15.9. The Morgan fingerprint density at radius 1 is 1.21 bits per heavy atom. The van der Waals surface area contributed by atoms with E-state index in [-0.39, 0.29) is 16.1 Å². The summed E-state index contributed by atoms with van der Waals surface area (Å²) in [5.74, 6) is -3.33. The van der Waals surface area contributed by atoms with E-state index in [0.717, 1.165) is 13.2 Å². The van der Waals surface area contributed by atoms with Crippen LogP contribution in [0.1, 0.15) is 20.7 Å². The third kappa shape index (κ3) is 2.11. The molecule has 2 amide bonds. The van der Waals surface area contributed by atoms with Crippen LogP contribution >= 0.6 is 11.6 Å². The van der Waals surface area contributed by atoms with E-state index < -0.39 is 39.7 Å². The van der Waals surface area contributed by atoms with E-state index in [4.69, 9.17) is 16.3 Å². The lowest BCUT2D eigenvalue weighted by Crippen LogP contribution is -2.31. The third-order valence-corrected chi connectivity index (χ3v) is 3.82. The summed E-state index contributed by atoms with van der Waals surface area (Å²) in [6.07, 6.45) is 0. The van der Waals surface area contributed by atoms with E-state index >= 15 is 0 Å². The maximum Gasteiger partial charge on any atom is 0.339 e. The molecular formula is C15H8ClFN2O5. The van der Waals surface area contributed by atoms with E-state index in [2.05, 4.69) is 0 Å². The topological polar surface area (TPSA) is 89.8 Å². The van der Waals surface area contributed by atoms with Gasteiger partial charge in [0.1, 0.15) is 0 Å². The second-order valence-electron chi connectivity index (χ2n) is 4.82. The van der Waals surface area contributed by atoms with Crippen LogP contribution in [0.2, 0.25) is 5.02 Å². The van der Waals surface area contributed by atoms with Crippen molar-refractivity contribution in [2.24, 2.45) is 0 Å². The Bertz CT molecular complexity index is 880. The minimum atomic E-state index is -1.18. The van der Waals surface area contributed by atoms with Crippen LogP contribution in [0, 0.1) is 15.9 Å². The molecule has 0 N–H and O–H groups in total. The number of carbonyl (C=O) groups is 2. The van der Waals surface area contributed by atoms with Crippen LogP contribution in [-0.2, 0) is 0 Å². The first-order valence-corrected chi connectivity index (χ1v) is 6.94. The quantitative estimate of drug-likeness (QED) is 0.481. The number of methoxy groups -OCH3 is 1. The van der Waals surface area contributed by atoms with Crippen LogP contribution in [-0.4, -0.2) is 23.8 Å². The SMILES string of the molecule is COc1c(Cl)cc(F)c(N2C(=O)c3ccccc3C2=O)c1[N+](=O)[O-]. The van der Waals surface area contributed by atoms with Gasteiger partial charge in [-0.1, -0.05) is 23.7 Å². The van der Waals surface area contributed by atoms with Crippen molar-refractivity contribution >= 4 is 34.8 Å². The fourth-order valence-electron chi connectivity index (χ4n) is 2.55. The number of amides is 2. The number of ether oxygens (including phenoxy) is 1. The Hall–Kier alpha value is -3.00. The number of halogens is 2. The van der Waals surface area contributed by atoms with Crippen LogP contribution in [0.5, 0.6) is 5.75 Å². The van der Waals surface area contributed by atoms with Gasteiger partial charge in [-0.15, -0.1) is 0 Å². The number of carbonyl (C=O) groups excluding carboxylic acids is 2. The van der Waals surface area contributed by atoms with Crippen molar-refractivity contribution < 1.29 is 23.6 Å². The van der Waals surface area contributed by atoms with Crippen molar-refractivity contribution in [1.29, 1.82) is 0 Å². The number of hydrogen-bond acceptors (Lipinski definition) is 5. The van der Waals surface area contributed by atoms with Gasteiger partial charge >= 0.3 is 5.69 Å². The molecule has 0 fully saturated rings. The van der Waals surface area contributed by atoms with Gasteiger partial charge in [0.2, 0.25) is 5.75 Å². The monoisotopic (exact) mass is 350 g/mol. The van der Waals surface area contributed by atoms with Crippen LogP contribution in [0.4, 0.5) is 15.8 Å². The molecule has 0 spiro atoms. The summed E-state index contributed by atoms with van der Waals surface area (Å²) >= 11 is 5.76. The number of fused-ring (bicyclic) bond motifs is 1. The zero-order chi connectivity index (χ0) is 17.6. The summed E-state index contributed by atoms with van der Waals surface area (Å²) < 4.78 is 19.3. The number of anilines is 1. The van der Waals surface area contributed by atoms with Gasteiger partial charge in [-0.3, -0.25) is 19.7 Å². The first-order chi connectivity index (χ1) is 11.4. The molecule has 0 atom stereocenters. The summed E-state index contributed by atoms with van der Waals surface area (Å²) in [4.78, 5) is 35.8. The average Bonchev–Trinajstić information content (AvgIpc) is 2.79. The van der Waals surface area contributed by atoms with E-state index in [1.807, 2.05) is 0 Å². The number of nitrogens with zero attached hydrogens (tertiary/aromatic N) is 2. The Labute approximate surface area is 139 Å². The fraction of sp³-hybridized carbons (Fsp3) is 0.0667. The van der Waals surface area contributed by atoms with E-state index in [0.29, 0.717) is 4.90 Å². The number of rotatable bonds is 3. The predicted molar refractivity (Wildman–Crippen MR) is 82.2 cm³/mol. The maximum absolute atomic E-state index is 14.4. The molecule has 3 rings (SSSR count). The highest BCUT2D eigenvalue weighted by atomic mass is 35.5. The summed E-state index contributed by atoms with van der Waals surface area (Å²) in [5.41, 5.74) is -1.63. The summed E-state index contributed by atoms with van der Waals surface area (Å²) in [6.45, 7) is 0. The molecule has 122 valence electrons. The molecule has 1 aliphatic rings. The Morgan fingerprint density at radius 2 is 1.75 bits per heavy atom. The van der Waals surface area contributed by atoms with Crippen LogP contribution in [0.3, 0.4) is 0 Å². The molecule has 24 heavy (non-hydrogen) atoms. The van der Waals surface area contributed by atoms with Crippen LogP contribution in [0.15, 0.2) is 30.3 Å². The largest absolute Gasteiger partial charge is 0.489 e. The second kappa shape index (κ2) is 5.57. The standard InChI is InChI=1S/C15H8ClFN2O5/c1-24-13-9(16)6-10(17)11(12(13)19(22)23)18-14(20)7-4-2-3-5-8(7)15(18)21/h2-6H,1H3. The molecule has 7 nitrogen and oxygen atoms in total. The van der Waals surface area contributed by atoms with Crippen LogP contribution < -0.4 is 9.64 Å². The summed E-state index contributed by atoms with van der Waals surface area (Å²) in [5, 5.41) is 11.1. The van der Waals surface area contributed by atoms with E-state index in [1.54, 1.807) is 0 Å². The second-order valence-corrected chi connectivity index (χ2v) is 5.23. The number of imide groups is 1. The molecule has 2 aromatic rings. The summed E-state index contributed by atoms with van der Waals surface area (Å²) in [6, 6.07) is 6.58. The lowest BCUT2D eigenvalue weighted by Gasteiger charge is -2.17. The molecule has 2 aromatic carbocycles. The highest BCUT2D eigenvalue weighted by Crippen LogP contribution is 2.46. The number of nitro groups is 1. The van der Waals surface area contributed by atoms with E-state index in [9.17, 15) is 24.1 Å².